The minimum Gasteiger partial charge on any atom is -0.383 e. The van der Waals surface area contributed by atoms with E-state index in [2.05, 4.69) is 22.4 Å². The molecular weight excluding hydrogens is 250 g/mol. The summed E-state index contributed by atoms with van der Waals surface area (Å²) in [7, 11) is 1.69. The van der Waals surface area contributed by atoms with Gasteiger partial charge in [0.1, 0.15) is 0 Å². The molecule has 0 spiro atoms. The summed E-state index contributed by atoms with van der Waals surface area (Å²) in [6.45, 7) is 3.58. The summed E-state index contributed by atoms with van der Waals surface area (Å²) >= 11 is 1.62. The van der Waals surface area contributed by atoms with Crippen LogP contribution in [0.25, 0.3) is 11.4 Å². The predicted molar refractivity (Wildman–Crippen MR) is 70.7 cm³/mol. The molecule has 0 aliphatic heterocycles. The first-order valence-electron chi connectivity index (χ1n) is 5.91. The number of aromatic nitrogens is 2. The highest BCUT2D eigenvalue weighted by molar-refractivity contribution is 7.08. The zero-order chi connectivity index (χ0) is 12.8. The number of ether oxygens (including phenoxy) is 1. The van der Waals surface area contributed by atoms with Gasteiger partial charge in [-0.15, -0.1) is 0 Å². The Kier molecular flexibility index (Phi) is 4.86. The van der Waals surface area contributed by atoms with Crippen molar-refractivity contribution < 1.29 is 9.26 Å². The maximum absolute atomic E-state index is 5.26. The summed E-state index contributed by atoms with van der Waals surface area (Å²) in [5, 5.41) is 11.3. The molecule has 2 aromatic rings. The molecule has 0 aliphatic carbocycles. The number of hydrogen-bond acceptors (Lipinski definition) is 6. The minimum atomic E-state index is 0.204. The molecule has 0 saturated heterocycles. The molecule has 0 bridgehead atoms. The van der Waals surface area contributed by atoms with Gasteiger partial charge in [0, 0.05) is 30.5 Å². The maximum atomic E-state index is 5.26. The molecule has 0 fully saturated rings. The van der Waals surface area contributed by atoms with Crippen molar-refractivity contribution in [3.8, 4) is 11.4 Å². The van der Waals surface area contributed by atoms with E-state index in [0.717, 1.165) is 12.1 Å². The molecule has 6 heteroatoms. The predicted octanol–water partition coefficient (Wildman–Crippen LogP) is 1.97. The van der Waals surface area contributed by atoms with Gasteiger partial charge in [-0.3, -0.25) is 0 Å². The Bertz CT molecular complexity index is 450. The summed E-state index contributed by atoms with van der Waals surface area (Å²) in [6, 6.07) is 2.19. The molecule has 2 aromatic heterocycles. The van der Waals surface area contributed by atoms with E-state index >= 15 is 0 Å². The van der Waals surface area contributed by atoms with Crippen molar-refractivity contribution in [3.63, 3.8) is 0 Å². The van der Waals surface area contributed by atoms with Crippen LogP contribution in [0.15, 0.2) is 21.3 Å². The van der Waals surface area contributed by atoms with E-state index in [0.29, 0.717) is 24.7 Å². The fraction of sp³-hybridized carbons (Fsp3) is 0.500. The van der Waals surface area contributed by atoms with Crippen LogP contribution in [-0.4, -0.2) is 36.4 Å². The van der Waals surface area contributed by atoms with Crippen LogP contribution in [0.2, 0.25) is 0 Å². The third-order valence-electron chi connectivity index (χ3n) is 2.53. The van der Waals surface area contributed by atoms with Crippen molar-refractivity contribution in [2.75, 3.05) is 20.3 Å². The van der Waals surface area contributed by atoms with Gasteiger partial charge in [0.15, 0.2) is 0 Å². The van der Waals surface area contributed by atoms with Gasteiger partial charge >= 0.3 is 0 Å². The van der Waals surface area contributed by atoms with Gasteiger partial charge in [0.2, 0.25) is 11.7 Å². The van der Waals surface area contributed by atoms with Crippen molar-refractivity contribution in [3.05, 3.63) is 22.7 Å². The molecule has 0 saturated carbocycles. The van der Waals surface area contributed by atoms with E-state index in [1.165, 1.54) is 0 Å². The second-order valence-corrected chi connectivity index (χ2v) is 4.72. The van der Waals surface area contributed by atoms with Crippen molar-refractivity contribution in [2.24, 2.45) is 0 Å². The summed E-state index contributed by atoms with van der Waals surface area (Å²) in [4.78, 5) is 4.39. The van der Waals surface area contributed by atoms with Crippen LogP contribution in [0.5, 0.6) is 0 Å². The van der Waals surface area contributed by atoms with Crippen molar-refractivity contribution in [1.29, 1.82) is 0 Å². The molecular formula is C12H17N3O2S. The van der Waals surface area contributed by atoms with E-state index in [9.17, 15) is 0 Å². The number of nitrogens with zero attached hydrogens (tertiary/aromatic N) is 2. The molecule has 5 nitrogen and oxygen atoms in total. The first kappa shape index (κ1) is 13.2. The normalized spacial score (nSPS) is 12.8. The molecule has 0 amide bonds. The zero-order valence-electron chi connectivity index (χ0n) is 10.5. The third-order valence-corrected chi connectivity index (χ3v) is 3.21. The summed E-state index contributed by atoms with van der Waals surface area (Å²) in [6.07, 6.45) is 0.679. The van der Waals surface area contributed by atoms with Crippen molar-refractivity contribution >= 4 is 11.3 Å². The highest BCUT2D eigenvalue weighted by Gasteiger charge is 2.14. The highest BCUT2D eigenvalue weighted by atomic mass is 32.1. The van der Waals surface area contributed by atoms with Crippen LogP contribution in [0, 0.1) is 0 Å². The SMILES string of the molecule is CCNC(COC)Cc1nc(-c2ccsc2)no1. The zero-order valence-corrected chi connectivity index (χ0v) is 11.4. The average Bonchev–Trinajstić information content (AvgIpc) is 2.98. The number of rotatable bonds is 7. The van der Waals surface area contributed by atoms with Gasteiger partial charge in [0.25, 0.3) is 0 Å². The van der Waals surface area contributed by atoms with Crippen molar-refractivity contribution in [2.45, 2.75) is 19.4 Å². The van der Waals surface area contributed by atoms with E-state index in [1.54, 1.807) is 18.4 Å². The van der Waals surface area contributed by atoms with Gasteiger partial charge in [-0.05, 0) is 18.0 Å². The lowest BCUT2D eigenvalue weighted by Gasteiger charge is -2.14. The Hall–Kier alpha value is -1.24. The van der Waals surface area contributed by atoms with Gasteiger partial charge in [0.05, 0.1) is 6.61 Å². The molecule has 1 unspecified atom stereocenters. The molecule has 1 N–H and O–H groups in total. The maximum Gasteiger partial charge on any atom is 0.228 e. The van der Waals surface area contributed by atoms with Crippen LogP contribution >= 0.6 is 11.3 Å². The Morgan fingerprint density at radius 3 is 3.11 bits per heavy atom. The lowest BCUT2D eigenvalue weighted by atomic mass is 10.2. The molecule has 0 radical (unpaired) electrons. The molecule has 1 atom stereocenters. The average molecular weight is 267 g/mol. The van der Waals surface area contributed by atoms with Crippen LogP contribution in [0.4, 0.5) is 0 Å². The van der Waals surface area contributed by atoms with Crippen molar-refractivity contribution in [1.82, 2.24) is 15.5 Å². The Morgan fingerprint density at radius 2 is 2.44 bits per heavy atom. The summed E-state index contributed by atoms with van der Waals surface area (Å²) in [5.41, 5.74) is 1.00. The van der Waals surface area contributed by atoms with Crippen LogP contribution < -0.4 is 5.32 Å². The van der Waals surface area contributed by atoms with E-state index in [1.807, 2.05) is 16.8 Å². The van der Waals surface area contributed by atoms with Crippen LogP contribution in [0.1, 0.15) is 12.8 Å². The third kappa shape index (κ3) is 3.38. The van der Waals surface area contributed by atoms with E-state index in [-0.39, 0.29) is 6.04 Å². The molecule has 0 aliphatic rings. The van der Waals surface area contributed by atoms with Gasteiger partial charge in [-0.25, -0.2) is 0 Å². The van der Waals surface area contributed by atoms with Gasteiger partial charge in [-0.2, -0.15) is 16.3 Å². The Balaban J connectivity index is 2.01. The standard InChI is InChI=1S/C12H17N3O2S/c1-3-13-10(7-16-2)6-11-14-12(15-17-11)9-4-5-18-8-9/h4-5,8,10,13H,3,6-7H2,1-2H3. The molecule has 18 heavy (non-hydrogen) atoms. The molecule has 98 valence electrons. The Morgan fingerprint density at radius 1 is 1.56 bits per heavy atom. The molecule has 2 heterocycles. The monoisotopic (exact) mass is 267 g/mol. The number of methoxy groups -OCH3 is 1. The fourth-order valence-corrected chi connectivity index (χ4v) is 2.37. The lowest BCUT2D eigenvalue weighted by Crippen LogP contribution is -2.35. The smallest absolute Gasteiger partial charge is 0.228 e. The van der Waals surface area contributed by atoms with Crippen LogP contribution in [-0.2, 0) is 11.2 Å². The highest BCUT2D eigenvalue weighted by Crippen LogP contribution is 2.18. The number of likely N-dealkylation sites (N-methyl/N-ethyl adjacent to an activating group) is 1. The number of thiophene rings is 1. The van der Waals surface area contributed by atoms with E-state index in [4.69, 9.17) is 9.26 Å². The second-order valence-electron chi connectivity index (χ2n) is 3.94. The molecule has 2 rings (SSSR count). The Labute approximate surface area is 110 Å². The van der Waals surface area contributed by atoms with Crippen LogP contribution in [0.3, 0.4) is 0 Å². The van der Waals surface area contributed by atoms with Gasteiger partial charge in [-0.1, -0.05) is 12.1 Å². The quantitative estimate of drug-likeness (QED) is 0.831. The lowest BCUT2D eigenvalue weighted by molar-refractivity contribution is 0.162. The number of nitrogens with one attached hydrogen (secondary N) is 1. The first-order chi connectivity index (χ1) is 8.83. The largest absolute Gasteiger partial charge is 0.383 e. The minimum absolute atomic E-state index is 0.204. The topological polar surface area (TPSA) is 60.2 Å². The molecule has 0 aromatic carbocycles. The number of hydrogen-bond donors (Lipinski definition) is 1. The summed E-state index contributed by atoms with van der Waals surface area (Å²) in [5.74, 6) is 1.29. The first-order valence-corrected chi connectivity index (χ1v) is 6.85. The summed E-state index contributed by atoms with van der Waals surface area (Å²) < 4.78 is 10.4. The van der Waals surface area contributed by atoms with Gasteiger partial charge < -0.3 is 14.6 Å². The fourth-order valence-electron chi connectivity index (χ4n) is 1.74. The van der Waals surface area contributed by atoms with E-state index < -0.39 is 0 Å². The second kappa shape index (κ2) is 6.63.